The lowest BCUT2D eigenvalue weighted by Gasteiger charge is -2.22. The number of nitrogens with one attached hydrogen (secondary N) is 2. The molecule has 1 aromatic heterocycles. The minimum atomic E-state index is -0.143. The van der Waals surface area contributed by atoms with Gasteiger partial charge >= 0.3 is 0 Å². The highest BCUT2D eigenvalue weighted by atomic mass is 16.5. The lowest BCUT2D eigenvalue weighted by atomic mass is 10.1. The van der Waals surface area contributed by atoms with Gasteiger partial charge in [0.05, 0.1) is 13.2 Å². The molecule has 0 saturated heterocycles. The summed E-state index contributed by atoms with van der Waals surface area (Å²) in [6, 6.07) is 9.87. The molecule has 0 spiro atoms. The molecule has 0 unspecified atom stereocenters. The van der Waals surface area contributed by atoms with Crippen LogP contribution < -0.4 is 15.4 Å². The second kappa shape index (κ2) is 10.2. The minimum absolute atomic E-state index is 0.0527. The highest BCUT2D eigenvalue weighted by molar-refractivity contribution is 5.94. The van der Waals surface area contributed by atoms with Crippen molar-refractivity contribution >= 4 is 23.3 Å². The van der Waals surface area contributed by atoms with E-state index in [1.807, 2.05) is 39.0 Å². The number of nitrogens with zero attached hydrogens (tertiary/aromatic N) is 2. The predicted octanol–water partition coefficient (Wildman–Crippen LogP) is 3.53. The summed E-state index contributed by atoms with van der Waals surface area (Å²) in [6.45, 7) is 7.15. The second-order valence-corrected chi connectivity index (χ2v) is 7.60. The quantitative estimate of drug-likeness (QED) is 0.626. The molecule has 1 aliphatic carbocycles. The van der Waals surface area contributed by atoms with Gasteiger partial charge in [-0.3, -0.25) is 14.5 Å². The van der Waals surface area contributed by atoms with Crippen molar-refractivity contribution in [2.75, 3.05) is 30.3 Å². The van der Waals surface area contributed by atoms with Crippen molar-refractivity contribution in [3.63, 3.8) is 0 Å². The maximum absolute atomic E-state index is 12.6. The zero-order chi connectivity index (χ0) is 21.5. The van der Waals surface area contributed by atoms with Crippen LogP contribution in [0.15, 0.2) is 36.5 Å². The molecule has 160 valence electrons. The van der Waals surface area contributed by atoms with E-state index in [0.29, 0.717) is 30.8 Å². The Balaban J connectivity index is 1.54. The molecule has 0 aliphatic heterocycles. The van der Waals surface area contributed by atoms with Crippen LogP contribution in [0.5, 0.6) is 5.75 Å². The molecule has 2 N–H and O–H groups in total. The molecular formula is C23H30N4O3. The van der Waals surface area contributed by atoms with Crippen LogP contribution in [-0.4, -0.2) is 47.4 Å². The Labute approximate surface area is 177 Å². The number of para-hydroxylation sites is 1. The SMILES string of the molecule is CCOc1cccnc1NC(=O)CCN(CC(=O)Nc1c(C)cccc1C)C1CC1. The average molecular weight is 411 g/mol. The fraction of sp³-hybridized carbons (Fsp3) is 0.435. The van der Waals surface area contributed by atoms with E-state index in [1.54, 1.807) is 18.3 Å². The summed E-state index contributed by atoms with van der Waals surface area (Å²) in [7, 11) is 0. The number of benzene rings is 1. The van der Waals surface area contributed by atoms with Gasteiger partial charge in [-0.1, -0.05) is 18.2 Å². The lowest BCUT2D eigenvalue weighted by molar-refractivity contribution is -0.119. The Morgan fingerprint density at radius 3 is 2.50 bits per heavy atom. The molecular weight excluding hydrogens is 380 g/mol. The Kier molecular flexibility index (Phi) is 7.41. The molecule has 30 heavy (non-hydrogen) atoms. The van der Waals surface area contributed by atoms with Crippen LogP contribution in [0.25, 0.3) is 0 Å². The van der Waals surface area contributed by atoms with Crippen LogP contribution in [0.4, 0.5) is 11.5 Å². The number of anilines is 2. The first-order valence-electron chi connectivity index (χ1n) is 10.5. The van der Waals surface area contributed by atoms with Crippen LogP contribution in [0.3, 0.4) is 0 Å². The van der Waals surface area contributed by atoms with E-state index in [0.717, 1.165) is 29.7 Å². The molecule has 7 nitrogen and oxygen atoms in total. The van der Waals surface area contributed by atoms with Gasteiger partial charge in [0.15, 0.2) is 11.6 Å². The number of hydrogen-bond donors (Lipinski definition) is 2. The van der Waals surface area contributed by atoms with Gasteiger partial charge in [0.2, 0.25) is 11.8 Å². The van der Waals surface area contributed by atoms with E-state index in [4.69, 9.17) is 4.74 Å². The van der Waals surface area contributed by atoms with Crippen molar-refractivity contribution in [2.45, 2.75) is 46.1 Å². The minimum Gasteiger partial charge on any atom is -0.490 e. The number of amides is 2. The van der Waals surface area contributed by atoms with Gasteiger partial charge in [0.25, 0.3) is 0 Å². The zero-order valence-electron chi connectivity index (χ0n) is 17.9. The third-order valence-corrected chi connectivity index (χ3v) is 5.11. The number of carbonyl (C=O) groups excluding carboxylic acids is 2. The molecule has 2 amide bonds. The van der Waals surface area contributed by atoms with E-state index in [2.05, 4.69) is 20.5 Å². The van der Waals surface area contributed by atoms with E-state index >= 15 is 0 Å². The summed E-state index contributed by atoms with van der Waals surface area (Å²) in [4.78, 5) is 31.4. The highest BCUT2D eigenvalue weighted by Gasteiger charge is 2.30. The Bertz CT molecular complexity index is 876. The summed E-state index contributed by atoms with van der Waals surface area (Å²) in [5, 5.41) is 5.85. The van der Waals surface area contributed by atoms with Crippen molar-refractivity contribution in [1.29, 1.82) is 0 Å². The molecule has 1 fully saturated rings. The van der Waals surface area contributed by atoms with Crippen LogP contribution in [-0.2, 0) is 9.59 Å². The maximum atomic E-state index is 12.6. The van der Waals surface area contributed by atoms with Crippen molar-refractivity contribution in [3.05, 3.63) is 47.7 Å². The van der Waals surface area contributed by atoms with Gasteiger partial charge in [-0.05, 0) is 56.9 Å². The first kappa shape index (κ1) is 21.8. The summed E-state index contributed by atoms with van der Waals surface area (Å²) in [5.41, 5.74) is 2.96. The largest absolute Gasteiger partial charge is 0.490 e. The predicted molar refractivity (Wildman–Crippen MR) is 118 cm³/mol. The number of hydrogen-bond acceptors (Lipinski definition) is 5. The zero-order valence-corrected chi connectivity index (χ0v) is 17.9. The van der Waals surface area contributed by atoms with Gasteiger partial charge in [-0.25, -0.2) is 4.98 Å². The number of aryl methyl sites for hydroxylation is 2. The Morgan fingerprint density at radius 2 is 1.83 bits per heavy atom. The molecule has 1 heterocycles. The van der Waals surface area contributed by atoms with E-state index < -0.39 is 0 Å². The monoisotopic (exact) mass is 410 g/mol. The van der Waals surface area contributed by atoms with Crippen LogP contribution in [0.2, 0.25) is 0 Å². The van der Waals surface area contributed by atoms with Crippen molar-refractivity contribution in [2.24, 2.45) is 0 Å². The van der Waals surface area contributed by atoms with Gasteiger partial charge in [0.1, 0.15) is 0 Å². The molecule has 3 rings (SSSR count). The normalized spacial score (nSPS) is 13.2. The third-order valence-electron chi connectivity index (χ3n) is 5.11. The highest BCUT2D eigenvalue weighted by Crippen LogP contribution is 2.27. The molecule has 2 aromatic rings. The topological polar surface area (TPSA) is 83.6 Å². The summed E-state index contributed by atoms with van der Waals surface area (Å²) < 4.78 is 5.50. The molecule has 1 aliphatic rings. The molecule has 0 bridgehead atoms. The summed E-state index contributed by atoms with van der Waals surface area (Å²) in [6.07, 6.45) is 4.03. The first-order valence-corrected chi connectivity index (χ1v) is 10.5. The second-order valence-electron chi connectivity index (χ2n) is 7.60. The summed E-state index contributed by atoms with van der Waals surface area (Å²) >= 11 is 0. The van der Waals surface area contributed by atoms with Gasteiger partial charge in [-0.15, -0.1) is 0 Å². The van der Waals surface area contributed by atoms with Gasteiger partial charge in [-0.2, -0.15) is 0 Å². The fourth-order valence-electron chi connectivity index (χ4n) is 3.40. The van der Waals surface area contributed by atoms with Gasteiger partial charge < -0.3 is 15.4 Å². The van der Waals surface area contributed by atoms with Crippen LogP contribution in [0.1, 0.15) is 37.3 Å². The van der Waals surface area contributed by atoms with Crippen LogP contribution >= 0.6 is 0 Å². The smallest absolute Gasteiger partial charge is 0.238 e. The number of aromatic nitrogens is 1. The molecule has 1 saturated carbocycles. The molecule has 0 atom stereocenters. The molecule has 1 aromatic carbocycles. The van der Waals surface area contributed by atoms with Crippen molar-refractivity contribution in [1.82, 2.24) is 9.88 Å². The van der Waals surface area contributed by atoms with Crippen molar-refractivity contribution < 1.29 is 14.3 Å². The average Bonchev–Trinajstić information content (AvgIpc) is 3.55. The standard InChI is InChI=1S/C23H30N4O3/c1-4-30-19-9-6-13-24-23(19)26-20(28)12-14-27(18-10-11-18)15-21(29)25-22-16(2)7-5-8-17(22)3/h5-9,13,18H,4,10-12,14-15H2,1-3H3,(H,25,29)(H,24,26,28). The molecule has 0 radical (unpaired) electrons. The van der Waals surface area contributed by atoms with Crippen LogP contribution in [0, 0.1) is 13.8 Å². The Hall–Kier alpha value is -2.93. The number of carbonyl (C=O) groups is 2. The summed E-state index contributed by atoms with van der Waals surface area (Å²) in [5.74, 6) is 0.786. The van der Waals surface area contributed by atoms with E-state index in [-0.39, 0.29) is 24.8 Å². The first-order chi connectivity index (χ1) is 14.5. The molecule has 7 heteroatoms. The van der Waals surface area contributed by atoms with Crippen molar-refractivity contribution in [3.8, 4) is 5.75 Å². The fourth-order valence-corrected chi connectivity index (χ4v) is 3.40. The Morgan fingerprint density at radius 1 is 1.10 bits per heavy atom. The van der Waals surface area contributed by atoms with Gasteiger partial charge in [0, 0.05) is 30.9 Å². The van der Waals surface area contributed by atoms with E-state index in [1.165, 1.54) is 0 Å². The number of ether oxygens (including phenoxy) is 1. The third kappa shape index (κ3) is 6.03. The number of rotatable bonds is 10. The lowest BCUT2D eigenvalue weighted by Crippen LogP contribution is -2.37. The number of pyridine rings is 1. The van der Waals surface area contributed by atoms with E-state index in [9.17, 15) is 9.59 Å². The maximum Gasteiger partial charge on any atom is 0.238 e.